The van der Waals surface area contributed by atoms with Gasteiger partial charge in [0.25, 0.3) is 5.91 Å². The van der Waals surface area contributed by atoms with Crippen molar-refractivity contribution in [3.05, 3.63) is 23.2 Å². The Labute approximate surface area is 102 Å². The summed E-state index contributed by atoms with van der Waals surface area (Å²) in [6.07, 6.45) is 0. The van der Waals surface area contributed by atoms with Crippen molar-refractivity contribution in [1.82, 2.24) is 10.2 Å². The van der Waals surface area contributed by atoms with Crippen molar-refractivity contribution in [1.29, 1.82) is 0 Å². The van der Waals surface area contributed by atoms with Crippen molar-refractivity contribution in [2.24, 2.45) is 0 Å². The van der Waals surface area contributed by atoms with Crippen LogP contribution in [0.4, 0.5) is 0 Å². The zero-order valence-corrected chi connectivity index (χ0v) is 10.9. The topological polar surface area (TPSA) is 45.5 Å². The number of hydrogen-bond acceptors (Lipinski definition) is 3. The van der Waals surface area contributed by atoms with E-state index in [0.717, 1.165) is 24.4 Å². The van der Waals surface area contributed by atoms with Crippen LogP contribution < -0.4 is 5.32 Å². The molecule has 1 aliphatic heterocycles. The molecule has 0 bridgehead atoms. The number of aryl methyl sites for hydroxylation is 2. The molecule has 2 atom stereocenters. The molecule has 1 aliphatic rings. The first-order chi connectivity index (χ1) is 7.97. The SMILES string of the molecule is Cc1cc(C)c(C(=O)N2CC(C)NC(C)C2)o1. The van der Waals surface area contributed by atoms with Crippen molar-refractivity contribution in [3.63, 3.8) is 0 Å². The molecule has 0 saturated carbocycles. The number of hydrogen-bond donors (Lipinski definition) is 1. The van der Waals surface area contributed by atoms with Gasteiger partial charge in [-0.3, -0.25) is 4.79 Å². The zero-order valence-electron chi connectivity index (χ0n) is 10.9. The summed E-state index contributed by atoms with van der Waals surface area (Å²) in [6, 6.07) is 2.57. The highest BCUT2D eigenvalue weighted by Crippen LogP contribution is 2.17. The number of nitrogens with one attached hydrogen (secondary N) is 1. The van der Waals surface area contributed by atoms with Crippen LogP contribution in [0, 0.1) is 13.8 Å². The van der Waals surface area contributed by atoms with Gasteiger partial charge in [0, 0.05) is 30.7 Å². The first kappa shape index (κ1) is 12.2. The molecule has 0 spiro atoms. The van der Waals surface area contributed by atoms with Gasteiger partial charge in [-0.15, -0.1) is 0 Å². The second-order valence-electron chi connectivity index (χ2n) is 5.05. The Morgan fingerprint density at radius 1 is 1.35 bits per heavy atom. The Balaban J connectivity index is 2.17. The summed E-state index contributed by atoms with van der Waals surface area (Å²) in [4.78, 5) is 14.2. The minimum atomic E-state index is 0.0100. The Morgan fingerprint density at radius 2 is 1.94 bits per heavy atom. The Hall–Kier alpha value is -1.29. The molecular weight excluding hydrogens is 216 g/mol. The van der Waals surface area contributed by atoms with E-state index in [9.17, 15) is 4.79 Å². The van der Waals surface area contributed by atoms with Crippen molar-refractivity contribution in [3.8, 4) is 0 Å². The highest BCUT2D eigenvalue weighted by molar-refractivity contribution is 5.93. The van der Waals surface area contributed by atoms with E-state index in [1.807, 2.05) is 24.8 Å². The summed E-state index contributed by atoms with van der Waals surface area (Å²) in [5.74, 6) is 1.29. The van der Waals surface area contributed by atoms with Crippen LogP contribution in [-0.4, -0.2) is 36.0 Å². The number of amides is 1. The molecule has 2 heterocycles. The van der Waals surface area contributed by atoms with Gasteiger partial charge in [0.15, 0.2) is 5.76 Å². The van der Waals surface area contributed by atoms with Crippen LogP contribution >= 0.6 is 0 Å². The molecular formula is C13H20N2O2. The number of rotatable bonds is 1. The van der Waals surface area contributed by atoms with Crippen LogP contribution in [0.2, 0.25) is 0 Å². The normalized spacial score (nSPS) is 25.1. The Kier molecular flexibility index (Phi) is 3.24. The Bertz CT molecular complexity index is 415. The van der Waals surface area contributed by atoms with Crippen molar-refractivity contribution in [2.75, 3.05) is 13.1 Å². The molecule has 0 aromatic carbocycles. The lowest BCUT2D eigenvalue weighted by Gasteiger charge is -2.35. The standard InChI is InChI=1S/C13H20N2O2/c1-8-5-11(4)17-12(8)13(16)15-6-9(2)14-10(3)7-15/h5,9-10,14H,6-7H2,1-4H3. The number of furan rings is 1. The first-order valence-electron chi connectivity index (χ1n) is 6.09. The van der Waals surface area contributed by atoms with Crippen LogP contribution in [0.25, 0.3) is 0 Å². The van der Waals surface area contributed by atoms with Gasteiger partial charge in [-0.2, -0.15) is 0 Å². The van der Waals surface area contributed by atoms with Gasteiger partial charge in [0.1, 0.15) is 5.76 Å². The molecule has 1 saturated heterocycles. The third-order valence-corrected chi connectivity index (χ3v) is 3.08. The number of nitrogens with zero attached hydrogens (tertiary/aromatic N) is 1. The van der Waals surface area contributed by atoms with Crippen molar-refractivity contribution < 1.29 is 9.21 Å². The summed E-state index contributed by atoms with van der Waals surface area (Å²) in [6.45, 7) is 9.45. The van der Waals surface area contributed by atoms with Gasteiger partial charge in [-0.25, -0.2) is 0 Å². The highest BCUT2D eigenvalue weighted by atomic mass is 16.4. The summed E-state index contributed by atoms with van der Waals surface area (Å²) in [5.41, 5.74) is 0.923. The van der Waals surface area contributed by atoms with Gasteiger partial charge in [0.05, 0.1) is 0 Å². The number of carbonyl (C=O) groups excluding carboxylic acids is 1. The lowest BCUT2D eigenvalue weighted by Crippen LogP contribution is -2.55. The van der Waals surface area contributed by atoms with E-state index < -0.39 is 0 Å². The smallest absolute Gasteiger partial charge is 0.289 e. The van der Waals surface area contributed by atoms with E-state index in [1.165, 1.54) is 0 Å². The monoisotopic (exact) mass is 236 g/mol. The van der Waals surface area contributed by atoms with E-state index in [1.54, 1.807) is 0 Å². The molecule has 2 unspecified atom stereocenters. The molecule has 17 heavy (non-hydrogen) atoms. The molecule has 4 heteroatoms. The summed E-state index contributed by atoms with van der Waals surface area (Å²) < 4.78 is 5.49. The molecule has 1 fully saturated rings. The molecule has 1 aromatic heterocycles. The maximum atomic E-state index is 12.3. The third-order valence-electron chi connectivity index (χ3n) is 3.08. The van der Waals surface area contributed by atoms with Crippen molar-refractivity contribution in [2.45, 2.75) is 39.8 Å². The van der Waals surface area contributed by atoms with Gasteiger partial charge in [-0.1, -0.05) is 0 Å². The largest absolute Gasteiger partial charge is 0.456 e. The lowest BCUT2D eigenvalue weighted by molar-refractivity contribution is 0.0639. The predicted molar refractivity (Wildman–Crippen MR) is 66.1 cm³/mol. The van der Waals surface area contributed by atoms with Gasteiger partial charge in [0.2, 0.25) is 0 Å². The minimum absolute atomic E-state index is 0.0100. The maximum absolute atomic E-state index is 12.3. The summed E-state index contributed by atoms with van der Waals surface area (Å²) >= 11 is 0. The zero-order chi connectivity index (χ0) is 12.6. The van der Waals surface area contributed by atoms with Crippen LogP contribution in [0.5, 0.6) is 0 Å². The first-order valence-corrected chi connectivity index (χ1v) is 6.09. The number of piperazine rings is 1. The fourth-order valence-corrected chi connectivity index (χ4v) is 2.49. The molecule has 0 aliphatic carbocycles. The fourth-order valence-electron chi connectivity index (χ4n) is 2.49. The van der Waals surface area contributed by atoms with E-state index in [-0.39, 0.29) is 5.91 Å². The second kappa shape index (κ2) is 4.53. The second-order valence-corrected chi connectivity index (χ2v) is 5.05. The Morgan fingerprint density at radius 3 is 2.41 bits per heavy atom. The predicted octanol–water partition coefficient (Wildman–Crippen LogP) is 1.72. The maximum Gasteiger partial charge on any atom is 0.289 e. The van der Waals surface area contributed by atoms with Gasteiger partial charge < -0.3 is 14.6 Å². The van der Waals surface area contributed by atoms with Crippen LogP contribution in [0.3, 0.4) is 0 Å². The molecule has 4 nitrogen and oxygen atoms in total. The molecule has 1 N–H and O–H groups in total. The quantitative estimate of drug-likeness (QED) is 0.807. The fraction of sp³-hybridized carbons (Fsp3) is 0.615. The van der Waals surface area contributed by atoms with Crippen molar-refractivity contribution >= 4 is 5.91 Å². The molecule has 94 valence electrons. The van der Waals surface area contributed by atoms with Crippen LogP contribution in [0.1, 0.15) is 35.7 Å². The highest BCUT2D eigenvalue weighted by Gasteiger charge is 2.28. The summed E-state index contributed by atoms with van der Waals surface area (Å²) in [7, 11) is 0. The van der Waals surface area contributed by atoms with E-state index in [2.05, 4.69) is 19.2 Å². The van der Waals surface area contributed by atoms with Crippen LogP contribution in [-0.2, 0) is 0 Å². The van der Waals surface area contributed by atoms with E-state index in [4.69, 9.17) is 4.42 Å². The van der Waals surface area contributed by atoms with E-state index in [0.29, 0.717) is 17.8 Å². The average molecular weight is 236 g/mol. The van der Waals surface area contributed by atoms with E-state index >= 15 is 0 Å². The van der Waals surface area contributed by atoms with Crippen LogP contribution in [0.15, 0.2) is 10.5 Å². The molecule has 1 amide bonds. The van der Waals surface area contributed by atoms with Gasteiger partial charge in [-0.05, 0) is 33.8 Å². The molecule has 2 rings (SSSR count). The number of carbonyl (C=O) groups is 1. The molecule has 1 aromatic rings. The average Bonchev–Trinajstić information content (AvgIpc) is 2.55. The summed E-state index contributed by atoms with van der Waals surface area (Å²) in [5, 5.41) is 3.41. The molecule has 0 radical (unpaired) electrons. The minimum Gasteiger partial charge on any atom is -0.456 e. The van der Waals surface area contributed by atoms with Gasteiger partial charge >= 0.3 is 0 Å². The lowest BCUT2D eigenvalue weighted by atomic mass is 10.1. The third kappa shape index (κ3) is 2.52.